The molecular weight excluding hydrogens is 338 g/mol. The molecule has 0 spiro atoms. The first-order chi connectivity index (χ1) is 13.1. The van der Waals surface area contributed by atoms with E-state index in [1.54, 1.807) is 6.92 Å². The number of carbonyl (C=O) groups excluding carboxylic acids is 2. The molecule has 2 aromatic rings. The van der Waals surface area contributed by atoms with Crippen LogP contribution < -0.4 is 5.32 Å². The Balaban J connectivity index is 1.49. The van der Waals surface area contributed by atoms with Gasteiger partial charge in [-0.1, -0.05) is 67.1 Å². The molecule has 0 saturated heterocycles. The second-order valence-corrected chi connectivity index (χ2v) is 7.29. The zero-order valence-corrected chi connectivity index (χ0v) is 15.8. The lowest BCUT2D eigenvalue weighted by molar-refractivity contribution is -0.149. The lowest BCUT2D eigenvalue weighted by atomic mass is 9.77. The van der Waals surface area contributed by atoms with E-state index in [1.165, 1.54) is 5.56 Å². The number of rotatable bonds is 6. The monoisotopic (exact) mass is 365 g/mol. The van der Waals surface area contributed by atoms with Crippen molar-refractivity contribution in [1.29, 1.82) is 0 Å². The standard InChI is InChI=1S/C23H27NO3/c1-17(23(26)27-16-18-9-4-2-5-10-18)24-22(25)21-14-8-13-20(15-21)19-11-6-3-7-12-19/h2-7,9-12,17,20-21H,8,13-16H2,1H3,(H,24,25)/t17-,20-,21+/m0/s1. The third-order valence-corrected chi connectivity index (χ3v) is 5.25. The summed E-state index contributed by atoms with van der Waals surface area (Å²) < 4.78 is 5.31. The summed E-state index contributed by atoms with van der Waals surface area (Å²) >= 11 is 0. The predicted octanol–water partition coefficient (Wildman–Crippen LogP) is 4.21. The lowest BCUT2D eigenvalue weighted by Crippen LogP contribution is -2.43. The van der Waals surface area contributed by atoms with E-state index in [4.69, 9.17) is 4.74 Å². The molecule has 1 saturated carbocycles. The van der Waals surface area contributed by atoms with Crippen molar-refractivity contribution in [3.63, 3.8) is 0 Å². The Hall–Kier alpha value is -2.62. The van der Waals surface area contributed by atoms with Gasteiger partial charge in [0.25, 0.3) is 0 Å². The molecule has 27 heavy (non-hydrogen) atoms. The van der Waals surface area contributed by atoms with Crippen LogP contribution in [0.2, 0.25) is 0 Å². The summed E-state index contributed by atoms with van der Waals surface area (Å²) in [5.41, 5.74) is 2.23. The van der Waals surface area contributed by atoms with Gasteiger partial charge in [0, 0.05) is 5.92 Å². The Labute approximate surface area is 160 Å². The maximum atomic E-state index is 12.6. The number of hydrogen-bond donors (Lipinski definition) is 1. The average molecular weight is 365 g/mol. The topological polar surface area (TPSA) is 55.4 Å². The van der Waals surface area contributed by atoms with Gasteiger partial charge in [-0.2, -0.15) is 0 Å². The number of hydrogen-bond acceptors (Lipinski definition) is 3. The quantitative estimate of drug-likeness (QED) is 0.780. The van der Waals surface area contributed by atoms with Crippen LogP contribution in [-0.4, -0.2) is 17.9 Å². The largest absolute Gasteiger partial charge is 0.459 e. The average Bonchev–Trinajstić information content (AvgIpc) is 2.73. The van der Waals surface area contributed by atoms with Gasteiger partial charge < -0.3 is 10.1 Å². The molecule has 0 aliphatic heterocycles. The highest BCUT2D eigenvalue weighted by molar-refractivity contribution is 5.85. The Bertz CT molecular complexity index is 745. The van der Waals surface area contributed by atoms with Crippen molar-refractivity contribution in [1.82, 2.24) is 5.32 Å². The van der Waals surface area contributed by atoms with Gasteiger partial charge in [-0.05, 0) is 43.2 Å². The fraction of sp³-hybridized carbons (Fsp3) is 0.391. The highest BCUT2D eigenvalue weighted by Gasteiger charge is 2.29. The molecule has 1 amide bonds. The third kappa shape index (κ3) is 5.43. The molecule has 3 rings (SSSR count). The molecule has 0 unspecified atom stereocenters. The number of esters is 1. The van der Waals surface area contributed by atoms with Crippen LogP contribution in [0.5, 0.6) is 0 Å². The summed E-state index contributed by atoms with van der Waals surface area (Å²) in [5.74, 6) is -0.0771. The smallest absolute Gasteiger partial charge is 0.328 e. The van der Waals surface area contributed by atoms with Gasteiger partial charge in [-0.25, -0.2) is 4.79 Å². The zero-order chi connectivity index (χ0) is 19.1. The first-order valence-corrected chi connectivity index (χ1v) is 9.69. The second-order valence-electron chi connectivity index (χ2n) is 7.29. The minimum atomic E-state index is -0.640. The molecule has 0 aromatic heterocycles. The molecule has 0 heterocycles. The Morgan fingerprint density at radius 2 is 1.70 bits per heavy atom. The number of benzene rings is 2. The molecule has 4 heteroatoms. The molecule has 1 aliphatic carbocycles. The van der Waals surface area contributed by atoms with Crippen LogP contribution in [0, 0.1) is 5.92 Å². The molecule has 3 atom stereocenters. The fourth-order valence-corrected chi connectivity index (χ4v) is 3.70. The molecule has 0 radical (unpaired) electrons. The molecule has 0 bridgehead atoms. The van der Waals surface area contributed by atoms with E-state index in [-0.39, 0.29) is 18.4 Å². The normalized spacial score (nSPS) is 20.5. The Morgan fingerprint density at radius 3 is 2.41 bits per heavy atom. The van der Waals surface area contributed by atoms with E-state index >= 15 is 0 Å². The molecular formula is C23H27NO3. The van der Waals surface area contributed by atoms with E-state index in [0.29, 0.717) is 5.92 Å². The Morgan fingerprint density at radius 1 is 1.04 bits per heavy atom. The molecule has 2 aromatic carbocycles. The highest BCUT2D eigenvalue weighted by Crippen LogP contribution is 2.36. The van der Waals surface area contributed by atoms with Crippen molar-refractivity contribution in [2.24, 2.45) is 5.92 Å². The number of carbonyl (C=O) groups is 2. The summed E-state index contributed by atoms with van der Waals surface area (Å²) in [6.45, 7) is 1.90. The third-order valence-electron chi connectivity index (χ3n) is 5.25. The molecule has 142 valence electrons. The maximum absolute atomic E-state index is 12.6. The van der Waals surface area contributed by atoms with Crippen LogP contribution in [0.15, 0.2) is 60.7 Å². The zero-order valence-electron chi connectivity index (χ0n) is 15.8. The minimum Gasteiger partial charge on any atom is -0.459 e. The van der Waals surface area contributed by atoms with E-state index in [9.17, 15) is 9.59 Å². The number of amides is 1. The number of ether oxygens (including phenoxy) is 1. The van der Waals surface area contributed by atoms with Crippen molar-refractivity contribution in [2.75, 3.05) is 0 Å². The van der Waals surface area contributed by atoms with E-state index < -0.39 is 12.0 Å². The van der Waals surface area contributed by atoms with Gasteiger partial charge in [0.05, 0.1) is 0 Å². The van der Waals surface area contributed by atoms with Crippen molar-refractivity contribution in [3.05, 3.63) is 71.8 Å². The summed E-state index contributed by atoms with van der Waals surface area (Å²) in [6.07, 6.45) is 3.86. The van der Waals surface area contributed by atoms with Crippen LogP contribution >= 0.6 is 0 Å². The van der Waals surface area contributed by atoms with Gasteiger partial charge in [-0.15, -0.1) is 0 Å². The predicted molar refractivity (Wildman–Crippen MR) is 105 cm³/mol. The van der Waals surface area contributed by atoms with Gasteiger partial charge in [0.2, 0.25) is 5.91 Å². The second kappa shape index (κ2) is 9.36. The van der Waals surface area contributed by atoms with Gasteiger partial charge in [0.15, 0.2) is 0 Å². The maximum Gasteiger partial charge on any atom is 0.328 e. The van der Waals surface area contributed by atoms with E-state index in [1.807, 2.05) is 48.5 Å². The Kier molecular flexibility index (Phi) is 6.64. The molecule has 1 aliphatic rings. The SMILES string of the molecule is C[C@H](NC(=O)[C@@H]1CCC[C@H](c2ccccc2)C1)C(=O)OCc1ccccc1. The van der Waals surface area contributed by atoms with E-state index in [0.717, 1.165) is 31.2 Å². The van der Waals surface area contributed by atoms with Crippen molar-refractivity contribution in [3.8, 4) is 0 Å². The summed E-state index contributed by atoms with van der Waals surface area (Å²) in [7, 11) is 0. The van der Waals surface area contributed by atoms with Gasteiger partial charge >= 0.3 is 5.97 Å². The molecule has 1 N–H and O–H groups in total. The van der Waals surface area contributed by atoms with Crippen molar-refractivity contribution >= 4 is 11.9 Å². The first-order valence-electron chi connectivity index (χ1n) is 9.69. The van der Waals surface area contributed by atoms with Gasteiger partial charge in [0.1, 0.15) is 12.6 Å². The van der Waals surface area contributed by atoms with Crippen LogP contribution in [0.25, 0.3) is 0 Å². The highest BCUT2D eigenvalue weighted by atomic mass is 16.5. The lowest BCUT2D eigenvalue weighted by Gasteiger charge is -2.29. The van der Waals surface area contributed by atoms with Crippen molar-refractivity contribution in [2.45, 2.75) is 51.2 Å². The minimum absolute atomic E-state index is 0.0419. The van der Waals surface area contributed by atoms with Crippen LogP contribution in [-0.2, 0) is 20.9 Å². The van der Waals surface area contributed by atoms with Crippen LogP contribution in [0.3, 0.4) is 0 Å². The van der Waals surface area contributed by atoms with Crippen molar-refractivity contribution < 1.29 is 14.3 Å². The summed E-state index contributed by atoms with van der Waals surface area (Å²) in [6, 6.07) is 19.3. The van der Waals surface area contributed by atoms with Crippen LogP contribution in [0.4, 0.5) is 0 Å². The summed E-state index contributed by atoms with van der Waals surface area (Å²) in [4.78, 5) is 24.8. The van der Waals surface area contributed by atoms with E-state index in [2.05, 4.69) is 17.4 Å². The number of nitrogens with one attached hydrogen (secondary N) is 1. The summed E-state index contributed by atoms with van der Waals surface area (Å²) in [5, 5.41) is 2.84. The molecule has 4 nitrogen and oxygen atoms in total. The van der Waals surface area contributed by atoms with Gasteiger partial charge in [-0.3, -0.25) is 4.79 Å². The fourth-order valence-electron chi connectivity index (χ4n) is 3.70. The van der Waals surface area contributed by atoms with Crippen LogP contribution in [0.1, 0.15) is 49.7 Å². The first kappa shape index (κ1) is 19.2. The molecule has 1 fully saturated rings.